The molecule has 0 bridgehead atoms. The second-order valence-electron chi connectivity index (χ2n) is 7.87. The highest BCUT2D eigenvalue weighted by molar-refractivity contribution is 5.78. The Morgan fingerprint density at radius 2 is 1.71 bits per heavy atom. The third-order valence-corrected chi connectivity index (χ3v) is 5.34. The quantitative estimate of drug-likeness (QED) is 0.419. The number of carbonyl (C=O) groups is 1. The summed E-state index contributed by atoms with van der Waals surface area (Å²) in [5.74, 6) is -0.141. The van der Waals surface area contributed by atoms with Crippen molar-refractivity contribution in [1.82, 2.24) is 14.8 Å². The summed E-state index contributed by atoms with van der Waals surface area (Å²) in [6, 6.07) is 20.7. The van der Waals surface area contributed by atoms with Crippen molar-refractivity contribution in [1.29, 1.82) is 0 Å². The van der Waals surface area contributed by atoms with Crippen molar-refractivity contribution in [2.75, 3.05) is 13.1 Å². The first-order valence-electron chi connectivity index (χ1n) is 11.1. The second-order valence-corrected chi connectivity index (χ2v) is 7.87. The lowest BCUT2D eigenvalue weighted by Crippen LogP contribution is -2.38. The predicted molar refractivity (Wildman–Crippen MR) is 123 cm³/mol. The van der Waals surface area contributed by atoms with Gasteiger partial charge in [0.1, 0.15) is 5.82 Å². The van der Waals surface area contributed by atoms with Gasteiger partial charge in [0.2, 0.25) is 5.91 Å². The number of benzene rings is 2. The Hall–Kier alpha value is -2.92. The minimum absolute atomic E-state index is 0.0925. The molecule has 1 N–H and O–H groups in total. The van der Waals surface area contributed by atoms with Crippen LogP contribution >= 0.6 is 0 Å². The number of hydrogen-bond donors (Lipinski definition) is 1. The molecule has 3 rings (SSSR count). The van der Waals surface area contributed by atoms with Crippen LogP contribution in [0.5, 0.6) is 0 Å². The van der Waals surface area contributed by atoms with E-state index in [1.165, 1.54) is 25.0 Å². The van der Waals surface area contributed by atoms with Gasteiger partial charge in [0, 0.05) is 25.0 Å². The highest BCUT2D eigenvalue weighted by Crippen LogP contribution is 2.14. The average molecular weight is 422 g/mol. The Labute approximate surface area is 184 Å². The fraction of sp³-hybridized carbons (Fsp3) is 0.346. The molecule has 1 heterocycles. The normalized spacial score (nSPS) is 10.9. The number of halogens is 1. The van der Waals surface area contributed by atoms with Crippen molar-refractivity contribution in [2.24, 2.45) is 0 Å². The van der Waals surface area contributed by atoms with E-state index >= 15 is 0 Å². The summed E-state index contributed by atoms with van der Waals surface area (Å²) in [6.45, 7) is 5.12. The molecule has 5 heteroatoms. The SMILES string of the molecule is CCCCCNCC(=O)N(Cc1ccccc1)Cc1cccn1Cc1ccc(F)cc1. The van der Waals surface area contributed by atoms with E-state index in [-0.39, 0.29) is 11.7 Å². The Morgan fingerprint density at radius 1 is 0.935 bits per heavy atom. The summed E-state index contributed by atoms with van der Waals surface area (Å²) in [4.78, 5) is 14.9. The molecular formula is C26H32FN3O. The molecule has 164 valence electrons. The molecule has 0 saturated carbocycles. The number of unbranched alkanes of at least 4 members (excludes halogenated alkanes) is 2. The summed E-state index contributed by atoms with van der Waals surface area (Å²) < 4.78 is 15.3. The summed E-state index contributed by atoms with van der Waals surface area (Å²) in [6.07, 6.45) is 5.43. The number of rotatable bonds is 12. The van der Waals surface area contributed by atoms with E-state index in [2.05, 4.69) is 16.8 Å². The Balaban J connectivity index is 1.68. The van der Waals surface area contributed by atoms with E-state index in [4.69, 9.17) is 0 Å². The molecule has 0 unspecified atom stereocenters. The van der Waals surface area contributed by atoms with E-state index in [0.29, 0.717) is 26.2 Å². The monoisotopic (exact) mass is 421 g/mol. The predicted octanol–water partition coefficient (Wildman–Crippen LogP) is 4.98. The van der Waals surface area contributed by atoms with Crippen LogP contribution in [0.25, 0.3) is 0 Å². The van der Waals surface area contributed by atoms with Gasteiger partial charge in [-0.2, -0.15) is 0 Å². The molecule has 0 radical (unpaired) electrons. The van der Waals surface area contributed by atoms with Gasteiger partial charge in [-0.05, 0) is 48.4 Å². The lowest BCUT2D eigenvalue weighted by Gasteiger charge is -2.24. The maximum Gasteiger partial charge on any atom is 0.237 e. The van der Waals surface area contributed by atoms with E-state index in [1.54, 1.807) is 12.1 Å². The fourth-order valence-electron chi connectivity index (χ4n) is 3.57. The second kappa shape index (κ2) is 12.1. The number of amides is 1. The lowest BCUT2D eigenvalue weighted by molar-refractivity contribution is -0.131. The van der Waals surface area contributed by atoms with Crippen LogP contribution in [0.1, 0.15) is 43.0 Å². The average Bonchev–Trinajstić information content (AvgIpc) is 3.22. The topological polar surface area (TPSA) is 37.3 Å². The molecule has 3 aromatic rings. The van der Waals surface area contributed by atoms with Crippen molar-refractivity contribution >= 4 is 5.91 Å². The van der Waals surface area contributed by atoms with Crippen molar-refractivity contribution in [3.8, 4) is 0 Å². The summed E-state index contributed by atoms with van der Waals surface area (Å²) >= 11 is 0. The zero-order valence-corrected chi connectivity index (χ0v) is 18.3. The highest BCUT2D eigenvalue weighted by atomic mass is 19.1. The highest BCUT2D eigenvalue weighted by Gasteiger charge is 2.16. The van der Waals surface area contributed by atoms with E-state index in [0.717, 1.165) is 29.8 Å². The zero-order chi connectivity index (χ0) is 21.9. The molecule has 31 heavy (non-hydrogen) atoms. The molecule has 0 atom stereocenters. The minimum atomic E-state index is -0.234. The van der Waals surface area contributed by atoms with Crippen LogP contribution in [-0.2, 0) is 24.4 Å². The smallest absolute Gasteiger partial charge is 0.237 e. The minimum Gasteiger partial charge on any atom is -0.345 e. The molecular weight excluding hydrogens is 389 g/mol. The number of carbonyl (C=O) groups excluding carboxylic acids is 1. The van der Waals surface area contributed by atoms with E-state index in [1.807, 2.05) is 53.6 Å². The van der Waals surface area contributed by atoms with Gasteiger partial charge >= 0.3 is 0 Å². The molecule has 0 aliphatic heterocycles. The molecule has 0 spiro atoms. The van der Waals surface area contributed by atoms with E-state index < -0.39 is 0 Å². The van der Waals surface area contributed by atoms with Crippen molar-refractivity contribution in [3.63, 3.8) is 0 Å². The summed E-state index contributed by atoms with van der Waals surface area (Å²) in [5, 5.41) is 3.29. The Kier molecular flexibility index (Phi) is 8.85. The first-order valence-corrected chi connectivity index (χ1v) is 11.1. The zero-order valence-electron chi connectivity index (χ0n) is 18.3. The maximum atomic E-state index is 13.2. The van der Waals surface area contributed by atoms with Gasteiger partial charge in [-0.15, -0.1) is 0 Å². The Bertz CT molecular complexity index is 921. The third kappa shape index (κ3) is 7.37. The van der Waals surface area contributed by atoms with Gasteiger partial charge in [0.05, 0.1) is 13.1 Å². The van der Waals surface area contributed by atoms with Crippen molar-refractivity contribution in [3.05, 3.63) is 95.6 Å². The van der Waals surface area contributed by atoms with Crippen LogP contribution < -0.4 is 5.32 Å². The van der Waals surface area contributed by atoms with Crippen LogP contribution in [0.2, 0.25) is 0 Å². The molecule has 0 fully saturated rings. The maximum absolute atomic E-state index is 13.2. The molecule has 1 aromatic heterocycles. The first kappa shape index (κ1) is 22.8. The molecule has 0 aliphatic carbocycles. The number of hydrogen-bond acceptors (Lipinski definition) is 2. The Morgan fingerprint density at radius 3 is 2.45 bits per heavy atom. The van der Waals surface area contributed by atoms with Gasteiger partial charge in [-0.1, -0.05) is 62.2 Å². The van der Waals surface area contributed by atoms with Gasteiger partial charge in [-0.25, -0.2) is 4.39 Å². The van der Waals surface area contributed by atoms with Crippen molar-refractivity contribution in [2.45, 2.75) is 45.8 Å². The molecule has 1 amide bonds. The standard InChI is InChI=1S/C26H32FN3O/c1-2-3-7-16-28-18-26(31)30(20-22-9-5-4-6-10-22)21-25-11-8-17-29(25)19-23-12-14-24(27)15-13-23/h4-6,8-15,17,28H,2-3,7,16,18-21H2,1H3. The fourth-order valence-corrected chi connectivity index (χ4v) is 3.57. The number of aromatic nitrogens is 1. The van der Waals surface area contributed by atoms with Gasteiger partial charge in [0.15, 0.2) is 0 Å². The van der Waals surface area contributed by atoms with Crippen molar-refractivity contribution < 1.29 is 9.18 Å². The molecule has 0 saturated heterocycles. The molecule has 2 aromatic carbocycles. The van der Waals surface area contributed by atoms with Gasteiger partial charge in [-0.3, -0.25) is 4.79 Å². The lowest BCUT2D eigenvalue weighted by atomic mass is 10.2. The number of nitrogens with zero attached hydrogens (tertiary/aromatic N) is 2. The first-order chi connectivity index (χ1) is 15.2. The van der Waals surface area contributed by atoms with Gasteiger partial charge < -0.3 is 14.8 Å². The molecule has 4 nitrogen and oxygen atoms in total. The third-order valence-electron chi connectivity index (χ3n) is 5.34. The summed E-state index contributed by atoms with van der Waals surface area (Å²) in [5.41, 5.74) is 3.19. The van der Waals surface area contributed by atoms with Crippen LogP contribution in [0.4, 0.5) is 4.39 Å². The van der Waals surface area contributed by atoms with Crippen LogP contribution in [0.15, 0.2) is 72.9 Å². The van der Waals surface area contributed by atoms with Crippen LogP contribution in [0.3, 0.4) is 0 Å². The van der Waals surface area contributed by atoms with E-state index in [9.17, 15) is 9.18 Å². The summed E-state index contributed by atoms with van der Waals surface area (Å²) in [7, 11) is 0. The van der Waals surface area contributed by atoms with Crippen LogP contribution in [-0.4, -0.2) is 28.5 Å². The van der Waals surface area contributed by atoms with Gasteiger partial charge in [0.25, 0.3) is 0 Å². The largest absolute Gasteiger partial charge is 0.345 e. The molecule has 0 aliphatic rings. The number of nitrogens with one attached hydrogen (secondary N) is 1. The van der Waals surface area contributed by atoms with Crippen LogP contribution in [0, 0.1) is 5.82 Å².